The fourth-order valence-electron chi connectivity index (χ4n) is 2.53. The van der Waals surface area contributed by atoms with Crippen LogP contribution in [0.1, 0.15) is 11.1 Å². The highest BCUT2D eigenvalue weighted by atomic mass is 16.5. The first kappa shape index (κ1) is 15.9. The van der Waals surface area contributed by atoms with E-state index in [9.17, 15) is 9.59 Å². The number of hydrogen-bond acceptors (Lipinski definition) is 4. The van der Waals surface area contributed by atoms with Gasteiger partial charge in [0.2, 0.25) is 0 Å². The van der Waals surface area contributed by atoms with Gasteiger partial charge in [0.25, 0.3) is 5.91 Å². The molecule has 0 saturated carbocycles. The molecule has 0 unspecified atom stereocenters. The van der Waals surface area contributed by atoms with Crippen LogP contribution in [0, 0.1) is 0 Å². The topological polar surface area (TPSA) is 76.7 Å². The molecule has 0 bridgehead atoms. The van der Waals surface area contributed by atoms with E-state index in [0.29, 0.717) is 24.5 Å². The molecular weight excluding hydrogens is 308 g/mol. The van der Waals surface area contributed by atoms with Gasteiger partial charge in [0, 0.05) is 6.42 Å². The van der Waals surface area contributed by atoms with Crippen molar-refractivity contribution in [3.05, 3.63) is 59.7 Å². The van der Waals surface area contributed by atoms with Crippen molar-refractivity contribution in [3.63, 3.8) is 0 Å². The predicted octanol–water partition coefficient (Wildman–Crippen LogP) is 2.02. The van der Waals surface area contributed by atoms with Gasteiger partial charge in [0.1, 0.15) is 12.6 Å². The molecule has 2 aromatic rings. The largest absolute Gasteiger partial charge is 0.493 e. The Kier molecular flexibility index (Phi) is 4.65. The molecule has 0 aromatic heterocycles. The minimum absolute atomic E-state index is 0.317. The van der Waals surface area contributed by atoms with E-state index >= 15 is 0 Å². The van der Waals surface area contributed by atoms with Crippen LogP contribution >= 0.6 is 0 Å². The second kappa shape index (κ2) is 7.04. The van der Waals surface area contributed by atoms with E-state index < -0.39 is 12.1 Å². The second-order valence-corrected chi connectivity index (χ2v) is 5.48. The van der Waals surface area contributed by atoms with Crippen LogP contribution in [0.25, 0.3) is 0 Å². The number of carbonyl (C=O) groups is 2. The fraction of sp³-hybridized carbons (Fsp3) is 0.222. The number of imide groups is 1. The number of amides is 3. The molecule has 1 fully saturated rings. The SMILES string of the molecule is COc1ccc(C[C@@H]2NC(=O)NC2=O)cc1OCc1ccccc1. The van der Waals surface area contributed by atoms with Crippen LogP contribution in [-0.4, -0.2) is 25.1 Å². The smallest absolute Gasteiger partial charge is 0.322 e. The maximum Gasteiger partial charge on any atom is 0.322 e. The van der Waals surface area contributed by atoms with Crippen LogP contribution in [0.4, 0.5) is 4.79 Å². The molecule has 6 nitrogen and oxygen atoms in total. The van der Waals surface area contributed by atoms with Crippen LogP contribution < -0.4 is 20.1 Å². The fourth-order valence-corrected chi connectivity index (χ4v) is 2.53. The molecular formula is C18H18N2O4. The summed E-state index contributed by atoms with van der Waals surface area (Å²) in [6.45, 7) is 0.418. The predicted molar refractivity (Wildman–Crippen MR) is 87.9 cm³/mol. The molecule has 0 aliphatic carbocycles. The highest BCUT2D eigenvalue weighted by Gasteiger charge is 2.29. The Balaban J connectivity index is 1.73. The Hall–Kier alpha value is -3.02. The maximum absolute atomic E-state index is 11.7. The van der Waals surface area contributed by atoms with Crippen molar-refractivity contribution in [1.82, 2.24) is 10.6 Å². The van der Waals surface area contributed by atoms with Crippen LogP contribution in [0.15, 0.2) is 48.5 Å². The van der Waals surface area contributed by atoms with Crippen molar-refractivity contribution in [3.8, 4) is 11.5 Å². The van der Waals surface area contributed by atoms with Crippen molar-refractivity contribution in [1.29, 1.82) is 0 Å². The number of rotatable bonds is 6. The lowest BCUT2D eigenvalue weighted by molar-refractivity contribution is -0.120. The van der Waals surface area contributed by atoms with Gasteiger partial charge in [-0.05, 0) is 23.3 Å². The number of carbonyl (C=O) groups excluding carboxylic acids is 2. The number of nitrogens with one attached hydrogen (secondary N) is 2. The van der Waals surface area contributed by atoms with E-state index in [1.165, 1.54) is 0 Å². The number of methoxy groups -OCH3 is 1. The summed E-state index contributed by atoms with van der Waals surface area (Å²) >= 11 is 0. The third kappa shape index (κ3) is 3.65. The number of urea groups is 1. The summed E-state index contributed by atoms with van der Waals surface area (Å²) in [6.07, 6.45) is 0.392. The normalized spacial score (nSPS) is 16.5. The maximum atomic E-state index is 11.7. The molecule has 1 atom stereocenters. The molecule has 6 heteroatoms. The summed E-state index contributed by atoms with van der Waals surface area (Å²) in [5.74, 6) is 0.903. The molecule has 1 aliphatic heterocycles. The highest BCUT2D eigenvalue weighted by molar-refractivity contribution is 6.04. The van der Waals surface area contributed by atoms with E-state index in [1.54, 1.807) is 13.2 Å². The van der Waals surface area contributed by atoms with Crippen LogP contribution in [0.2, 0.25) is 0 Å². The van der Waals surface area contributed by atoms with Crippen molar-refractivity contribution in [2.75, 3.05) is 7.11 Å². The Morgan fingerprint density at radius 2 is 1.79 bits per heavy atom. The van der Waals surface area contributed by atoms with Gasteiger partial charge >= 0.3 is 6.03 Å². The van der Waals surface area contributed by atoms with E-state index in [1.807, 2.05) is 42.5 Å². The lowest BCUT2D eigenvalue weighted by Gasteiger charge is -2.13. The molecule has 1 heterocycles. The Labute approximate surface area is 139 Å². The van der Waals surface area contributed by atoms with Gasteiger partial charge in [-0.25, -0.2) is 4.79 Å². The van der Waals surface area contributed by atoms with Gasteiger partial charge in [-0.15, -0.1) is 0 Å². The van der Waals surface area contributed by atoms with Crippen LogP contribution in [-0.2, 0) is 17.8 Å². The molecule has 124 valence electrons. The monoisotopic (exact) mass is 326 g/mol. The minimum Gasteiger partial charge on any atom is -0.493 e. The molecule has 24 heavy (non-hydrogen) atoms. The summed E-state index contributed by atoms with van der Waals surface area (Å²) in [7, 11) is 1.58. The van der Waals surface area contributed by atoms with Gasteiger partial charge in [-0.1, -0.05) is 36.4 Å². The molecule has 2 N–H and O–H groups in total. The summed E-state index contributed by atoms with van der Waals surface area (Å²) in [5, 5.41) is 4.81. The zero-order valence-corrected chi connectivity index (χ0v) is 13.2. The molecule has 0 spiro atoms. The lowest BCUT2D eigenvalue weighted by atomic mass is 10.1. The average Bonchev–Trinajstić information content (AvgIpc) is 2.91. The third-order valence-electron chi connectivity index (χ3n) is 3.76. The molecule has 3 amide bonds. The second-order valence-electron chi connectivity index (χ2n) is 5.48. The Morgan fingerprint density at radius 3 is 2.46 bits per heavy atom. The zero-order chi connectivity index (χ0) is 16.9. The van der Waals surface area contributed by atoms with E-state index in [2.05, 4.69) is 10.6 Å². The Morgan fingerprint density at radius 1 is 1.00 bits per heavy atom. The first-order valence-corrected chi connectivity index (χ1v) is 7.60. The van der Waals surface area contributed by atoms with Crippen molar-refractivity contribution < 1.29 is 19.1 Å². The Bertz CT molecular complexity index is 746. The summed E-state index contributed by atoms with van der Waals surface area (Å²) in [5.41, 5.74) is 1.92. The van der Waals surface area contributed by atoms with Crippen molar-refractivity contribution in [2.24, 2.45) is 0 Å². The van der Waals surface area contributed by atoms with E-state index in [-0.39, 0.29) is 5.91 Å². The first-order chi connectivity index (χ1) is 11.7. The van der Waals surface area contributed by atoms with E-state index in [4.69, 9.17) is 9.47 Å². The van der Waals surface area contributed by atoms with Gasteiger partial charge < -0.3 is 14.8 Å². The summed E-state index contributed by atoms with van der Waals surface area (Å²) in [4.78, 5) is 22.9. The van der Waals surface area contributed by atoms with Crippen molar-refractivity contribution >= 4 is 11.9 Å². The van der Waals surface area contributed by atoms with Crippen LogP contribution in [0.5, 0.6) is 11.5 Å². The molecule has 1 saturated heterocycles. The minimum atomic E-state index is -0.562. The quantitative estimate of drug-likeness (QED) is 0.796. The first-order valence-electron chi connectivity index (χ1n) is 7.60. The lowest BCUT2D eigenvalue weighted by Crippen LogP contribution is -2.31. The zero-order valence-electron chi connectivity index (χ0n) is 13.2. The van der Waals surface area contributed by atoms with Crippen molar-refractivity contribution in [2.45, 2.75) is 19.1 Å². The molecule has 1 aliphatic rings. The van der Waals surface area contributed by atoms with Crippen LogP contribution in [0.3, 0.4) is 0 Å². The third-order valence-corrected chi connectivity index (χ3v) is 3.76. The van der Waals surface area contributed by atoms with E-state index in [0.717, 1.165) is 11.1 Å². The van der Waals surface area contributed by atoms with Gasteiger partial charge in [0.15, 0.2) is 11.5 Å². The van der Waals surface area contributed by atoms with Gasteiger partial charge in [-0.2, -0.15) is 0 Å². The van der Waals surface area contributed by atoms with Gasteiger partial charge in [0.05, 0.1) is 7.11 Å². The molecule has 0 radical (unpaired) electrons. The number of hydrogen-bond donors (Lipinski definition) is 2. The average molecular weight is 326 g/mol. The summed E-state index contributed by atoms with van der Waals surface area (Å²) in [6, 6.07) is 14.3. The number of benzene rings is 2. The standard InChI is InChI=1S/C18H18N2O4/c1-23-15-8-7-13(9-14-17(21)20-18(22)19-14)10-16(15)24-11-12-5-3-2-4-6-12/h2-8,10,14H,9,11H2,1H3,(H2,19,20,21,22)/t14-/m0/s1. The number of ether oxygens (including phenoxy) is 2. The summed E-state index contributed by atoms with van der Waals surface area (Å²) < 4.78 is 11.2. The highest BCUT2D eigenvalue weighted by Crippen LogP contribution is 2.29. The molecule has 3 rings (SSSR count). The molecule has 2 aromatic carbocycles. The van der Waals surface area contributed by atoms with Gasteiger partial charge in [-0.3, -0.25) is 10.1 Å².